The molecule has 0 atom stereocenters. The summed E-state index contributed by atoms with van der Waals surface area (Å²) in [4.78, 5) is 0.189. The molecule has 7 nitrogen and oxygen atoms in total. The second-order valence-electron chi connectivity index (χ2n) is 5.33. The summed E-state index contributed by atoms with van der Waals surface area (Å²) in [7, 11) is -3.30. The number of rotatable bonds is 4. The number of fused-ring (bicyclic) bond motifs is 1. The van der Waals surface area contributed by atoms with Crippen molar-refractivity contribution in [1.29, 1.82) is 0 Å². The minimum Gasteiger partial charge on any atom is -0.438 e. The molecule has 0 radical (unpaired) electrons. The largest absolute Gasteiger partial charge is 0.438 e. The van der Waals surface area contributed by atoms with Crippen LogP contribution in [0.1, 0.15) is 0 Å². The van der Waals surface area contributed by atoms with Gasteiger partial charge in [-0.3, -0.25) is 0 Å². The first-order valence-corrected chi connectivity index (χ1v) is 10.1. The van der Waals surface area contributed by atoms with Gasteiger partial charge >= 0.3 is 0 Å². The Balaban J connectivity index is 1.72. The summed E-state index contributed by atoms with van der Waals surface area (Å²) in [5.74, 6) is 1.32. The van der Waals surface area contributed by atoms with Crippen molar-refractivity contribution in [2.75, 3.05) is 6.26 Å². The van der Waals surface area contributed by atoms with E-state index >= 15 is 0 Å². The summed E-state index contributed by atoms with van der Waals surface area (Å²) >= 11 is 1.56. The summed E-state index contributed by atoms with van der Waals surface area (Å²) in [6.07, 6.45) is 1.15. The molecule has 0 aliphatic heterocycles. The monoisotopic (exact) mass is 372 g/mol. The van der Waals surface area contributed by atoms with Gasteiger partial charge in [0, 0.05) is 23.3 Å². The Morgan fingerprint density at radius 1 is 1.12 bits per heavy atom. The molecule has 0 aliphatic carbocycles. The minimum absolute atomic E-state index is 0.189. The highest BCUT2D eigenvalue weighted by Gasteiger charge is 2.12. The maximum Gasteiger partial charge on any atom is 0.237 e. The van der Waals surface area contributed by atoms with E-state index in [1.165, 1.54) is 12.1 Å². The third-order valence-electron chi connectivity index (χ3n) is 3.47. The van der Waals surface area contributed by atoms with Gasteiger partial charge in [0.1, 0.15) is 5.75 Å². The Bertz CT molecular complexity index is 1150. The highest BCUT2D eigenvalue weighted by molar-refractivity contribution is 7.90. The van der Waals surface area contributed by atoms with Gasteiger partial charge in [0.25, 0.3) is 0 Å². The van der Waals surface area contributed by atoms with Crippen LogP contribution in [0.4, 0.5) is 0 Å². The van der Waals surface area contributed by atoms with Crippen LogP contribution < -0.4 is 4.74 Å². The predicted octanol–water partition coefficient (Wildman–Crippen LogP) is 3.05. The van der Waals surface area contributed by atoms with Crippen LogP contribution in [-0.2, 0) is 9.84 Å². The molecule has 3 heterocycles. The Hall–Kier alpha value is -2.78. The third-order valence-corrected chi connectivity index (χ3v) is 5.27. The van der Waals surface area contributed by atoms with E-state index in [4.69, 9.17) is 4.74 Å². The first-order chi connectivity index (χ1) is 12.0. The van der Waals surface area contributed by atoms with Gasteiger partial charge in [0.05, 0.1) is 4.90 Å². The van der Waals surface area contributed by atoms with Gasteiger partial charge in [0.2, 0.25) is 5.88 Å². The van der Waals surface area contributed by atoms with E-state index in [1.807, 2.05) is 16.8 Å². The number of hydrogen-bond acceptors (Lipinski definition) is 7. The summed E-state index contributed by atoms with van der Waals surface area (Å²) in [5, 5.41) is 16.6. The number of aromatic nitrogens is 4. The van der Waals surface area contributed by atoms with Crippen LogP contribution in [0.2, 0.25) is 0 Å². The number of nitrogens with zero attached hydrogens (tertiary/aromatic N) is 4. The molecule has 0 saturated carbocycles. The molecule has 0 N–H and O–H groups in total. The van der Waals surface area contributed by atoms with Gasteiger partial charge in [-0.25, -0.2) is 8.42 Å². The molecule has 4 aromatic rings. The first kappa shape index (κ1) is 15.7. The van der Waals surface area contributed by atoms with E-state index in [2.05, 4.69) is 15.3 Å². The zero-order chi connectivity index (χ0) is 17.4. The quantitative estimate of drug-likeness (QED) is 0.547. The molecule has 0 unspecified atom stereocenters. The molecule has 0 amide bonds. The van der Waals surface area contributed by atoms with E-state index < -0.39 is 9.84 Å². The Labute approximate surface area is 147 Å². The average molecular weight is 372 g/mol. The number of hydrogen-bond donors (Lipinski definition) is 0. The topological polar surface area (TPSA) is 86.5 Å². The van der Waals surface area contributed by atoms with Gasteiger partial charge in [-0.1, -0.05) is 6.07 Å². The van der Waals surface area contributed by atoms with Crippen molar-refractivity contribution in [1.82, 2.24) is 19.8 Å². The summed E-state index contributed by atoms with van der Waals surface area (Å²) in [6, 6.07) is 11.6. The normalized spacial score (nSPS) is 11.7. The molecule has 3 aromatic heterocycles. The lowest BCUT2D eigenvalue weighted by molar-refractivity contribution is 0.451. The highest BCUT2D eigenvalue weighted by Crippen LogP contribution is 2.25. The third kappa shape index (κ3) is 3.11. The molecule has 4 rings (SSSR count). The van der Waals surface area contributed by atoms with Gasteiger partial charge < -0.3 is 4.74 Å². The van der Waals surface area contributed by atoms with E-state index in [-0.39, 0.29) is 4.90 Å². The number of benzene rings is 1. The fourth-order valence-corrected chi connectivity index (χ4v) is 3.58. The Morgan fingerprint density at radius 2 is 2.00 bits per heavy atom. The van der Waals surface area contributed by atoms with Crippen LogP contribution in [0, 0.1) is 0 Å². The predicted molar refractivity (Wildman–Crippen MR) is 93.7 cm³/mol. The van der Waals surface area contributed by atoms with Crippen LogP contribution >= 0.6 is 11.3 Å². The highest BCUT2D eigenvalue weighted by atomic mass is 32.2. The smallest absolute Gasteiger partial charge is 0.237 e. The lowest BCUT2D eigenvalue weighted by Gasteiger charge is -2.06. The zero-order valence-corrected chi connectivity index (χ0v) is 14.7. The van der Waals surface area contributed by atoms with Crippen molar-refractivity contribution in [2.45, 2.75) is 4.90 Å². The van der Waals surface area contributed by atoms with Crippen LogP contribution in [0.15, 0.2) is 58.1 Å². The lowest BCUT2D eigenvalue weighted by atomic mass is 10.3. The van der Waals surface area contributed by atoms with Crippen molar-refractivity contribution in [3.05, 3.63) is 53.2 Å². The molecule has 0 spiro atoms. The van der Waals surface area contributed by atoms with Gasteiger partial charge in [-0.2, -0.15) is 15.9 Å². The van der Waals surface area contributed by atoms with Crippen LogP contribution in [0.3, 0.4) is 0 Å². The summed E-state index contributed by atoms with van der Waals surface area (Å²) < 4.78 is 30.6. The maximum absolute atomic E-state index is 11.7. The number of sulfone groups is 1. The Kier molecular flexibility index (Phi) is 3.74. The lowest BCUT2D eigenvalue weighted by Crippen LogP contribution is -1.99. The van der Waals surface area contributed by atoms with Gasteiger partial charge in [0.15, 0.2) is 21.3 Å². The molecule has 9 heteroatoms. The van der Waals surface area contributed by atoms with Crippen molar-refractivity contribution >= 4 is 26.8 Å². The molecular formula is C16H12N4O3S2. The van der Waals surface area contributed by atoms with Crippen molar-refractivity contribution in [2.24, 2.45) is 0 Å². The minimum atomic E-state index is -3.30. The molecule has 0 saturated heterocycles. The van der Waals surface area contributed by atoms with Crippen molar-refractivity contribution in [3.8, 4) is 23.0 Å². The summed E-state index contributed by atoms with van der Waals surface area (Å²) in [6.45, 7) is 0. The second kappa shape index (κ2) is 5.94. The average Bonchev–Trinajstić information content (AvgIpc) is 3.23. The second-order valence-corrected chi connectivity index (χ2v) is 8.12. The molecule has 0 bridgehead atoms. The molecule has 126 valence electrons. The fraction of sp³-hybridized carbons (Fsp3) is 0.0625. The molecule has 1 aromatic carbocycles. The van der Waals surface area contributed by atoms with E-state index in [9.17, 15) is 8.42 Å². The molecular weight excluding hydrogens is 360 g/mol. The molecule has 0 aliphatic rings. The van der Waals surface area contributed by atoms with Crippen molar-refractivity contribution in [3.63, 3.8) is 0 Å². The van der Waals surface area contributed by atoms with Gasteiger partial charge in [-0.15, -0.1) is 15.3 Å². The Morgan fingerprint density at radius 3 is 2.76 bits per heavy atom. The zero-order valence-electron chi connectivity index (χ0n) is 13.0. The van der Waals surface area contributed by atoms with E-state index in [1.54, 1.807) is 40.1 Å². The van der Waals surface area contributed by atoms with Crippen LogP contribution in [-0.4, -0.2) is 34.5 Å². The van der Waals surface area contributed by atoms with E-state index in [0.29, 0.717) is 23.1 Å². The van der Waals surface area contributed by atoms with Gasteiger partial charge in [-0.05, 0) is 35.7 Å². The standard InChI is InChI=1S/C16H12N4O3S2/c1-25(21,22)13-4-2-3-12(9-13)23-15-6-5-14-17-18-16(20(14)19-15)11-7-8-24-10-11/h2-10H,1H3. The van der Waals surface area contributed by atoms with Crippen LogP contribution in [0.25, 0.3) is 17.0 Å². The van der Waals surface area contributed by atoms with E-state index in [0.717, 1.165) is 11.8 Å². The fourth-order valence-electron chi connectivity index (χ4n) is 2.29. The molecule has 0 fully saturated rings. The number of thiophene rings is 1. The molecule has 25 heavy (non-hydrogen) atoms. The SMILES string of the molecule is CS(=O)(=O)c1cccc(Oc2ccc3nnc(-c4ccsc4)n3n2)c1. The first-order valence-electron chi connectivity index (χ1n) is 7.24. The summed E-state index contributed by atoms with van der Waals surface area (Å²) in [5.41, 5.74) is 1.51. The number of ether oxygens (including phenoxy) is 1. The maximum atomic E-state index is 11.7. The van der Waals surface area contributed by atoms with Crippen molar-refractivity contribution < 1.29 is 13.2 Å². The van der Waals surface area contributed by atoms with Crippen LogP contribution in [0.5, 0.6) is 11.6 Å².